The molecule has 5 fully saturated rings. The summed E-state index contributed by atoms with van der Waals surface area (Å²) in [6.45, 7) is -3.18. The summed E-state index contributed by atoms with van der Waals surface area (Å²) in [6.07, 6.45) is -37.7. The van der Waals surface area contributed by atoms with Gasteiger partial charge in [0.25, 0.3) is 0 Å². The Morgan fingerprint density at radius 1 is 0.473 bits per heavy atom. The summed E-state index contributed by atoms with van der Waals surface area (Å²) in [6, 6.07) is 0. The molecule has 0 amide bonds. The lowest BCUT2D eigenvalue weighted by molar-refractivity contribution is -0.363. The van der Waals surface area contributed by atoms with Gasteiger partial charge in [0.1, 0.15) is 110 Å². The molecule has 0 aromatic heterocycles. The van der Waals surface area contributed by atoms with Gasteiger partial charge in [-0.2, -0.15) is 0 Å². The van der Waals surface area contributed by atoms with Gasteiger partial charge in [-0.15, -0.1) is 0 Å². The van der Waals surface area contributed by atoms with Crippen molar-refractivity contribution in [2.75, 3.05) is 39.6 Å². The minimum absolute atomic E-state index is 0.000715. The highest BCUT2D eigenvalue weighted by molar-refractivity contribution is 5.56. The highest BCUT2D eigenvalue weighted by Crippen LogP contribution is 2.30. The van der Waals surface area contributed by atoms with E-state index in [2.05, 4.69) is 0 Å². The highest BCUT2D eigenvalue weighted by Gasteiger charge is 2.51. The van der Waals surface area contributed by atoms with E-state index in [9.17, 15) is 76.3 Å². The molecule has 25 heteroatoms. The summed E-state index contributed by atoms with van der Waals surface area (Å²) in [4.78, 5) is 10.8. The largest absolute Gasteiger partial charge is 0.394 e. The Labute approximate surface area is 311 Å². The van der Waals surface area contributed by atoms with Crippen molar-refractivity contribution < 1.29 is 124 Å². The van der Waals surface area contributed by atoms with Crippen LogP contribution in [0.2, 0.25) is 0 Å². The topological polar surface area (TPSA) is 393 Å². The molecule has 0 aromatic rings. The Kier molecular flexibility index (Phi) is 16.0. The predicted molar refractivity (Wildman–Crippen MR) is 164 cm³/mol. The van der Waals surface area contributed by atoms with Crippen molar-refractivity contribution in [3.05, 3.63) is 0 Å². The molecule has 55 heavy (non-hydrogen) atoms. The molecule has 0 radical (unpaired) electrons. The van der Waals surface area contributed by atoms with Gasteiger partial charge >= 0.3 is 0 Å². The number of carbonyl (C=O) groups is 1. The van der Waals surface area contributed by atoms with Crippen LogP contribution < -0.4 is 0 Å². The van der Waals surface area contributed by atoms with Crippen LogP contribution in [0.1, 0.15) is 0 Å². The van der Waals surface area contributed by atoms with E-state index < -0.39 is 174 Å². The zero-order valence-corrected chi connectivity index (χ0v) is 28.9. The molecule has 0 spiro atoms. The van der Waals surface area contributed by atoms with E-state index in [-0.39, 0.29) is 12.9 Å². The van der Waals surface area contributed by atoms with Crippen molar-refractivity contribution in [1.82, 2.24) is 0 Å². The van der Waals surface area contributed by atoms with Gasteiger partial charge < -0.3 is 124 Å². The monoisotopic (exact) mass is 810 g/mol. The molecule has 5 aliphatic heterocycles. The highest BCUT2D eigenvalue weighted by atomic mass is 16.8. The van der Waals surface area contributed by atoms with Crippen LogP contribution in [0, 0.1) is 0 Å². The van der Waals surface area contributed by atoms with Gasteiger partial charge in [-0.3, -0.25) is 0 Å². The number of hydrogen-bond donors (Lipinski definition) is 14. The first-order chi connectivity index (χ1) is 26.1. The molecule has 0 aliphatic carbocycles. The molecule has 14 N–H and O–H groups in total. The molecule has 5 rings (SSSR count). The predicted octanol–water partition coefficient (Wildman–Crippen LogP) is -10.4. The molecule has 0 saturated carbocycles. The second-order valence-corrected chi connectivity index (χ2v) is 13.7. The van der Waals surface area contributed by atoms with E-state index >= 15 is 0 Å². The summed E-state index contributed by atoms with van der Waals surface area (Å²) in [5, 5.41) is 144. The van der Waals surface area contributed by atoms with Gasteiger partial charge in [0.2, 0.25) is 0 Å². The maximum absolute atomic E-state index is 10.8. The van der Waals surface area contributed by atoms with E-state index in [1.807, 2.05) is 0 Å². The molecule has 0 aromatic carbocycles. The van der Waals surface area contributed by atoms with Gasteiger partial charge in [0.05, 0.1) is 39.6 Å². The quantitative estimate of drug-likeness (QED) is 0.0724. The maximum atomic E-state index is 10.8. The lowest BCUT2D eigenvalue weighted by Gasteiger charge is -2.45. The van der Waals surface area contributed by atoms with Crippen LogP contribution in [-0.2, 0) is 52.2 Å². The molecule has 0 unspecified atom stereocenters. The van der Waals surface area contributed by atoms with Crippen LogP contribution in [0.3, 0.4) is 0 Å². The Morgan fingerprint density at radius 2 is 0.782 bits per heavy atom. The first-order valence-electron chi connectivity index (χ1n) is 17.3. The lowest BCUT2D eigenvalue weighted by Crippen LogP contribution is -2.63. The van der Waals surface area contributed by atoms with E-state index in [1.54, 1.807) is 0 Å². The van der Waals surface area contributed by atoms with Gasteiger partial charge in [-0.1, -0.05) is 0 Å². The van der Waals surface area contributed by atoms with Crippen LogP contribution in [0.15, 0.2) is 0 Å². The molecular formula is C30H50O25. The van der Waals surface area contributed by atoms with Crippen LogP contribution in [0.4, 0.5) is 0 Å². The van der Waals surface area contributed by atoms with E-state index in [1.165, 1.54) is 0 Å². The minimum Gasteiger partial charge on any atom is -0.394 e. The minimum atomic E-state index is -1.92. The van der Waals surface area contributed by atoms with Crippen LogP contribution in [0.25, 0.3) is 0 Å². The first kappa shape index (κ1) is 44.8. The number of aliphatic hydroxyl groups excluding tert-OH is 14. The molecular weight excluding hydrogens is 760 g/mol. The van der Waals surface area contributed by atoms with Gasteiger partial charge in [-0.05, 0) is 0 Å². The van der Waals surface area contributed by atoms with Crippen molar-refractivity contribution in [2.45, 2.75) is 141 Å². The molecule has 23 atom stereocenters. The smallest absolute Gasteiger partial charge is 0.186 e. The molecule has 0 bridgehead atoms. The second-order valence-electron chi connectivity index (χ2n) is 13.7. The van der Waals surface area contributed by atoms with Crippen molar-refractivity contribution in [3.63, 3.8) is 0 Å². The Morgan fingerprint density at radius 3 is 1.13 bits per heavy atom. The first-order valence-corrected chi connectivity index (χ1v) is 17.3. The molecule has 5 saturated heterocycles. The Hall–Kier alpha value is -1.29. The molecule has 5 heterocycles. The van der Waals surface area contributed by atoms with Crippen molar-refractivity contribution in [2.24, 2.45) is 0 Å². The van der Waals surface area contributed by atoms with Crippen molar-refractivity contribution in [1.29, 1.82) is 0 Å². The third-order valence-corrected chi connectivity index (χ3v) is 9.79. The lowest BCUT2D eigenvalue weighted by atomic mass is 10.0. The number of carbonyl (C=O) groups excluding carboxylic acids is 1. The number of rotatable bonds is 14. The van der Waals surface area contributed by atoms with Crippen molar-refractivity contribution >= 4 is 6.29 Å². The molecule has 320 valence electrons. The normalized spacial score (nSPS) is 48.8. The number of aliphatic hydroxyl groups is 14. The third kappa shape index (κ3) is 10.1. The van der Waals surface area contributed by atoms with Crippen LogP contribution >= 0.6 is 0 Å². The Bertz CT molecular complexity index is 1190. The summed E-state index contributed by atoms with van der Waals surface area (Å²) < 4.78 is 54.1. The van der Waals surface area contributed by atoms with Crippen molar-refractivity contribution in [3.8, 4) is 0 Å². The summed E-state index contributed by atoms with van der Waals surface area (Å²) in [5.41, 5.74) is 0. The Balaban J connectivity index is 1.06. The number of hydrogen-bond acceptors (Lipinski definition) is 25. The van der Waals surface area contributed by atoms with Gasteiger partial charge in [0, 0.05) is 0 Å². The fraction of sp³-hybridized carbons (Fsp3) is 0.967. The summed E-state index contributed by atoms with van der Waals surface area (Å²) in [7, 11) is 0. The summed E-state index contributed by atoms with van der Waals surface area (Å²) >= 11 is 0. The number of aldehydes is 1. The molecule has 25 nitrogen and oxygen atoms in total. The third-order valence-electron chi connectivity index (χ3n) is 9.79. The average molecular weight is 811 g/mol. The second kappa shape index (κ2) is 19.6. The number of ether oxygens (including phenoxy) is 10. The maximum Gasteiger partial charge on any atom is 0.186 e. The summed E-state index contributed by atoms with van der Waals surface area (Å²) in [5.74, 6) is 0. The van der Waals surface area contributed by atoms with E-state index in [0.29, 0.717) is 0 Å². The average Bonchev–Trinajstić information content (AvgIpc) is 3.17. The molecule has 5 aliphatic rings. The van der Waals surface area contributed by atoms with Gasteiger partial charge in [0.15, 0.2) is 37.7 Å². The zero-order chi connectivity index (χ0) is 40.3. The zero-order valence-electron chi connectivity index (χ0n) is 28.9. The fourth-order valence-corrected chi connectivity index (χ4v) is 6.32. The van der Waals surface area contributed by atoms with E-state index in [4.69, 9.17) is 47.4 Å². The van der Waals surface area contributed by atoms with Gasteiger partial charge in [-0.25, -0.2) is 0 Å². The SMILES string of the molecule is O=C[C@H](O)[C@@H](O)[C@@H](CO)O[C@@H]1OC[C@@H](O[C@@H]2OC[C@@H](O[C@@H]3OC[C@@H](O[C@@H]4OC[C@@H](O[C@@H]5OC[C@@H](O)[C@H](O)[C@H]5O)[C@H](O)[C@H]4O)[C@H](O)[C@H]3O)[C@H](O)[C@H]2O)[C@H](O)[C@H]1O. The standard InChI is InChI=1S/C30H50O25/c31-1-8(33)15(35)10(2-32)51-27-22(42)17(37)12(4-47-27)53-29-24(44)19(39)14(6-49-29)55-30-25(45)20(40)13(7-50-30)54-28-23(43)18(38)11(5-48-28)52-26-21(41)16(36)9(34)3-46-26/h1,8-30,32-45H,2-7H2/t8-,9+,10+,11+,12+,13+,14+,15+,16-,17-,18-,19-,20-,21+,22+,23+,24+,25+,26-,27-,28-,29-,30-/m0/s1. The van der Waals surface area contributed by atoms with Crippen LogP contribution in [-0.4, -0.2) is 259 Å². The fourth-order valence-electron chi connectivity index (χ4n) is 6.32. The van der Waals surface area contributed by atoms with Crippen LogP contribution in [0.5, 0.6) is 0 Å². The van der Waals surface area contributed by atoms with E-state index in [0.717, 1.165) is 0 Å².